The smallest absolute Gasteiger partial charge is 0.283 e. The minimum absolute atomic E-state index is 0.0250. The minimum Gasteiger partial charge on any atom is -0.324 e. The Kier molecular flexibility index (Phi) is 4.85. The van der Waals surface area contributed by atoms with Gasteiger partial charge in [0.15, 0.2) is 6.04 Å². The van der Waals surface area contributed by atoms with Crippen LogP contribution >= 0.6 is 27.5 Å². The van der Waals surface area contributed by atoms with Crippen LogP contribution in [0, 0.1) is 0 Å². The van der Waals surface area contributed by atoms with Gasteiger partial charge in [-0.05, 0) is 54.7 Å². The van der Waals surface area contributed by atoms with Crippen molar-refractivity contribution >= 4 is 39.1 Å². The van der Waals surface area contributed by atoms with Gasteiger partial charge in [0.2, 0.25) is 0 Å². The summed E-state index contributed by atoms with van der Waals surface area (Å²) in [5.74, 6) is 0.0830. The minimum atomic E-state index is -0.137. The summed E-state index contributed by atoms with van der Waals surface area (Å²) < 4.78 is 1.02. The fourth-order valence-electron chi connectivity index (χ4n) is 4.26. The Morgan fingerprint density at radius 1 is 1.04 bits per heavy atom. The van der Waals surface area contributed by atoms with E-state index in [0.29, 0.717) is 0 Å². The second-order valence-electron chi connectivity index (χ2n) is 6.92. The SMILES string of the molecule is O=C1Nc2ccc(Br)cc2[C@@H](c2ccccc2Cl)[C@H]1[NH+]1CCCCC1. The molecule has 1 fully saturated rings. The summed E-state index contributed by atoms with van der Waals surface area (Å²) >= 11 is 10.2. The van der Waals surface area contributed by atoms with Crippen molar-refractivity contribution in [2.75, 3.05) is 18.4 Å². The Hall–Kier alpha value is -1.36. The van der Waals surface area contributed by atoms with Gasteiger partial charge in [0.25, 0.3) is 5.91 Å². The van der Waals surface area contributed by atoms with Crippen LogP contribution in [-0.4, -0.2) is 25.0 Å². The predicted molar refractivity (Wildman–Crippen MR) is 104 cm³/mol. The van der Waals surface area contributed by atoms with Crippen molar-refractivity contribution in [2.24, 2.45) is 0 Å². The molecule has 0 aliphatic carbocycles. The number of hydrogen-bond acceptors (Lipinski definition) is 1. The molecule has 2 aromatic rings. The van der Waals surface area contributed by atoms with E-state index >= 15 is 0 Å². The van der Waals surface area contributed by atoms with Crippen LogP contribution in [0.15, 0.2) is 46.9 Å². The normalized spacial score (nSPS) is 23.8. The van der Waals surface area contributed by atoms with Crippen LogP contribution in [0.25, 0.3) is 0 Å². The summed E-state index contributed by atoms with van der Waals surface area (Å²) in [6, 6.07) is 13.9. The number of anilines is 1. The molecule has 0 saturated carbocycles. The summed E-state index contributed by atoms with van der Waals surface area (Å²) in [6.07, 6.45) is 3.62. The molecule has 5 heteroatoms. The Balaban J connectivity index is 1.87. The van der Waals surface area contributed by atoms with Gasteiger partial charge in [-0.25, -0.2) is 0 Å². The molecule has 2 aliphatic heterocycles. The summed E-state index contributed by atoms with van der Waals surface area (Å²) in [7, 11) is 0. The van der Waals surface area contributed by atoms with Gasteiger partial charge in [0.1, 0.15) is 0 Å². The van der Waals surface area contributed by atoms with Gasteiger partial charge in [-0.1, -0.05) is 45.7 Å². The van der Waals surface area contributed by atoms with E-state index in [1.165, 1.54) is 24.2 Å². The van der Waals surface area contributed by atoms with Crippen LogP contribution in [0.4, 0.5) is 5.69 Å². The van der Waals surface area contributed by atoms with Gasteiger partial charge in [0, 0.05) is 15.2 Å². The van der Waals surface area contributed by atoms with Gasteiger partial charge in [-0.15, -0.1) is 0 Å². The van der Waals surface area contributed by atoms with E-state index in [1.54, 1.807) is 0 Å². The molecule has 25 heavy (non-hydrogen) atoms. The molecule has 1 saturated heterocycles. The quantitative estimate of drug-likeness (QED) is 0.764. The first-order chi connectivity index (χ1) is 12.1. The van der Waals surface area contributed by atoms with Gasteiger partial charge in [-0.2, -0.15) is 0 Å². The molecular formula is C20H21BrClN2O+. The summed E-state index contributed by atoms with van der Waals surface area (Å²) in [4.78, 5) is 14.4. The van der Waals surface area contributed by atoms with Gasteiger partial charge in [0.05, 0.1) is 19.0 Å². The van der Waals surface area contributed by atoms with Crippen LogP contribution in [0.1, 0.15) is 36.3 Å². The lowest BCUT2D eigenvalue weighted by atomic mass is 9.80. The van der Waals surface area contributed by atoms with E-state index in [9.17, 15) is 4.79 Å². The first-order valence-corrected chi connectivity index (χ1v) is 10.0. The number of benzene rings is 2. The number of likely N-dealkylation sites (tertiary alicyclic amines) is 1. The molecular weight excluding hydrogens is 400 g/mol. The number of nitrogens with one attached hydrogen (secondary N) is 2. The number of hydrogen-bond donors (Lipinski definition) is 2. The van der Waals surface area contributed by atoms with Crippen molar-refractivity contribution < 1.29 is 9.69 Å². The first-order valence-electron chi connectivity index (χ1n) is 8.84. The molecule has 0 radical (unpaired) electrons. The molecule has 1 amide bonds. The standard InChI is InChI=1S/C20H20BrClN2O/c21-13-8-9-17-15(12-13)18(14-6-2-3-7-16(14)22)19(20(25)23-17)24-10-4-1-5-11-24/h2-3,6-9,12,18-19H,1,4-5,10-11H2,(H,23,25)/p+1/t18-,19-/m1/s1. The molecule has 2 N–H and O–H groups in total. The van der Waals surface area contributed by atoms with Crippen LogP contribution < -0.4 is 10.2 Å². The number of piperidine rings is 1. The fraction of sp³-hybridized carbons (Fsp3) is 0.350. The van der Waals surface area contributed by atoms with Gasteiger partial charge < -0.3 is 10.2 Å². The third kappa shape index (κ3) is 3.23. The van der Waals surface area contributed by atoms with Crippen molar-refractivity contribution in [3.05, 3.63) is 63.1 Å². The molecule has 130 valence electrons. The second-order valence-corrected chi connectivity index (χ2v) is 8.24. The molecule has 0 spiro atoms. The van der Waals surface area contributed by atoms with E-state index in [0.717, 1.165) is 39.4 Å². The van der Waals surface area contributed by atoms with Crippen molar-refractivity contribution in [1.82, 2.24) is 0 Å². The van der Waals surface area contributed by atoms with Crippen LogP contribution in [-0.2, 0) is 4.79 Å². The predicted octanol–water partition coefficient (Wildman–Crippen LogP) is 3.62. The molecule has 4 rings (SSSR count). The number of amides is 1. The second kappa shape index (κ2) is 7.10. The van der Waals surface area contributed by atoms with Crippen LogP contribution in [0.2, 0.25) is 5.02 Å². The maximum Gasteiger partial charge on any atom is 0.283 e. The zero-order valence-electron chi connectivity index (χ0n) is 13.9. The fourth-order valence-corrected chi connectivity index (χ4v) is 4.89. The lowest BCUT2D eigenvalue weighted by Gasteiger charge is -2.39. The number of quaternary nitrogens is 1. The lowest BCUT2D eigenvalue weighted by molar-refractivity contribution is -0.921. The Morgan fingerprint density at radius 2 is 1.80 bits per heavy atom. The van der Waals surface area contributed by atoms with Crippen molar-refractivity contribution in [2.45, 2.75) is 31.2 Å². The monoisotopic (exact) mass is 419 g/mol. The first kappa shape index (κ1) is 17.1. The molecule has 2 atom stereocenters. The van der Waals surface area contributed by atoms with Gasteiger partial charge >= 0.3 is 0 Å². The zero-order valence-corrected chi connectivity index (χ0v) is 16.2. The van der Waals surface area contributed by atoms with E-state index in [2.05, 4.69) is 33.4 Å². The van der Waals surface area contributed by atoms with Crippen molar-refractivity contribution in [1.29, 1.82) is 0 Å². The van der Waals surface area contributed by atoms with E-state index < -0.39 is 0 Å². The largest absolute Gasteiger partial charge is 0.324 e. The maximum atomic E-state index is 13.0. The maximum absolute atomic E-state index is 13.0. The number of fused-ring (bicyclic) bond motifs is 1. The Labute approximate surface area is 161 Å². The van der Waals surface area contributed by atoms with Crippen molar-refractivity contribution in [3.63, 3.8) is 0 Å². The third-order valence-electron chi connectivity index (χ3n) is 5.40. The highest BCUT2D eigenvalue weighted by Crippen LogP contribution is 2.40. The average molecular weight is 421 g/mol. The molecule has 0 aromatic heterocycles. The third-order valence-corrected chi connectivity index (χ3v) is 6.24. The van der Waals surface area contributed by atoms with Gasteiger partial charge in [-0.3, -0.25) is 4.79 Å². The highest BCUT2D eigenvalue weighted by atomic mass is 79.9. The van der Waals surface area contributed by atoms with Crippen LogP contribution in [0.3, 0.4) is 0 Å². The Bertz CT molecular complexity index is 804. The van der Waals surface area contributed by atoms with Crippen LogP contribution in [0.5, 0.6) is 0 Å². The molecule has 0 unspecified atom stereocenters. The number of carbonyl (C=O) groups is 1. The number of carbonyl (C=O) groups excluding carboxylic acids is 1. The summed E-state index contributed by atoms with van der Waals surface area (Å²) in [6.45, 7) is 2.09. The molecule has 0 bridgehead atoms. The number of halogens is 2. The lowest BCUT2D eigenvalue weighted by Crippen LogP contribution is -3.18. The molecule has 2 aliphatic rings. The molecule has 3 nitrogen and oxygen atoms in total. The summed E-state index contributed by atoms with van der Waals surface area (Å²) in [5, 5.41) is 3.86. The van der Waals surface area contributed by atoms with Crippen molar-refractivity contribution in [3.8, 4) is 0 Å². The van der Waals surface area contributed by atoms with E-state index in [-0.39, 0.29) is 17.9 Å². The highest BCUT2D eigenvalue weighted by molar-refractivity contribution is 9.10. The van der Waals surface area contributed by atoms with E-state index in [4.69, 9.17) is 11.6 Å². The Morgan fingerprint density at radius 3 is 2.56 bits per heavy atom. The molecule has 2 heterocycles. The average Bonchev–Trinajstić information content (AvgIpc) is 2.62. The zero-order chi connectivity index (χ0) is 17.4. The number of rotatable bonds is 2. The highest BCUT2D eigenvalue weighted by Gasteiger charge is 2.44. The van der Waals surface area contributed by atoms with E-state index in [1.807, 2.05) is 30.3 Å². The summed E-state index contributed by atoms with van der Waals surface area (Å²) in [5.41, 5.74) is 3.08. The topological polar surface area (TPSA) is 33.5 Å². The molecule has 2 aromatic carbocycles.